The zero-order chi connectivity index (χ0) is 36.3. The van der Waals surface area contributed by atoms with E-state index in [2.05, 4.69) is 199 Å². The molecule has 0 aliphatic carbocycles. The Balaban J connectivity index is 1.21. The fraction of sp³-hybridized carbons (Fsp3) is 0. The molecule has 0 saturated carbocycles. The Labute approximate surface area is 317 Å². The SMILES string of the molecule is c1ccc(-c2ccc3c(c2)oc2cccc(N(c4ccc5ccccc5c4)c4ccc(-c5ccccc5)c5oc6cc(-c7ccccc7)ccc6c45)c23)cc1. The molecule has 0 aliphatic rings. The van der Waals surface area contributed by atoms with Gasteiger partial charge >= 0.3 is 0 Å². The highest BCUT2D eigenvalue weighted by molar-refractivity contribution is 6.20. The third kappa shape index (κ3) is 5.20. The number of rotatable bonds is 6. The van der Waals surface area contributed by atoms with Crippen LogP contribution in [0.25, 0.3) is 88.0 Å². The van der Waals surface area contributed by atoms with Gasteiger partial charge < -0.3 is 13.7 Å². The second-order valence-electron chi connectivity index (χ2n) is 14.1. The minimum atomic E-state index is 0.838. The second kappa shape index (κ2) is 12.6. The summed E-state index contributed by atoms with van der Waals surface area (Å²) >= 11 is 0. The first-order valence-electron chi connectivity index (χ1n) is 18.7. The lowest BCUT2D eigenvalue weighted by molar-refractivity contribution is 0.669. The molecule has 11 rings (SSSR count). The number of fused-ring (bicyclic) bond motifs is 7. The summed E-state index contributed by atoms with van der Waals surface area (Å²) in [4.78, 5) is 2.39. The van der Waals surface area contributed by atoms with Crippen LogP contribution in [0.5, 0.6) is 0 Å². The van der Waals surface area contributed by atoms with Gasteiger partial charge in [0.1, 0.15) is 22.3 Å². The van der Waals surface area contributed by atoms with E-state index < -0.39 is 0 Å². The van der Waals surface area contributed by atoms with Gasteiger partial charge in [0.05, 0.1) is 22.1 Å². The van der Waals surface area contributed by atoms with Gasteiger partial charge in [0, 0.05) is 22.0 Å². The lowest BCUT2D eigenvalue weighted by Crippen LogP contribution is -2.11. The van der Waals surface area contributed by atoms with Crippen LogP contribution < -0.4 is 4.90 Å². The van der Waals surface area contributed by atoms with Crippen molar-refractivity contribution in [1.29, 1.82) is 0 Å². The van der Waals surface area contributed by atoms with Gasteiger partial charge in [-0.15, -0.1) is 0 Å². The van der Waals surface area contributed by atoms with Crippen LogP contribution in [0.2, 0.25) is 0 Å². The topological polar surface area (TPSA) is 29.5 Å². The molecule has 0 amide bonds. The van der Waals surface area contributed by atoms with E-state index in [1.54, 1.807) is 0 Å². The minimum absolute atomic E-state index is 0.838. The molecule has 0 radical (unpaired) electrons. The van der Waals surface area contributed by atoms with Crippen LogP contribution in [0.1, 0.15) is 0 Å². The molecule has 0 atom stereocenters. The van der Waals surface area contributed by atoms with E-state index in [1.807, 2.05) is 6.07 Å². The van der Waals surface area contributed by atoms with Crippen LogP contribution >= 0.6 is 0 Å². The molecule has 0 bridgehead atoms. The maximum atomic E-state index is 6.99. The molecule has 0 unspecified atom stereocenters. The number of anilines is 3. The molecule has 55 heavy (non-hydrogen) atoms. The molecule has 258 valence electrons. The zero-order valence-electron chi connectivity index (χ0n) is 29.8. The van der Waals surface area contributed by atoms with Gasteiger partial charge in [0.2, 0.25) is 0 Å². The summed E-state index contributed by atoms with van der Waals surface area (Å²) in [6.45, 7) is 0. The molecule has 0 saturated heterocycles. The third-order valence-electron chi connectivity index (χ3n) is 10.8. The molecule has 2 aromatic heterocycles. The lowest BCUT2D eigenvalue weighted by Gasteiger charge is -2.27. The number of hydrogen-bond acceptors (Lipinski definition) is 3. The molecule has 0 fully saturated rings. The Kier molecular flexibility index (Phi) is 7.17. The van der Waals surface area contributed by atoms with Gasteiger partial charge in [-0.25, -0.2) is 0 Å². The smallest absolute Gasteiger partial charge is 0.145 e. The van der Waals surface area contributed by atoms with Crippen molar-refractivity contribution in [2.24, 2.45) is 0 Å². The van der Waals surface area contributed by atoms with E-state index >= 15 is 0 Å². The van der Waals surface area contributed by atoms with E-state index in [1.165, 1.54) is 10.8 Å². The molecular formula is C52H33NO2. The van der Waals surface area contributed by atoms with Gasteiger partial charge in [-0.2, -0.15) is 0 Å². The Morgan fingerprint density at radius 3 is 1.60 bits per heavy atom. The van der Waals surface area contributed by atoms with Gasteiger partial charge in [-0.05, 0) is 99.3 Å². The van der Waals surface area contributed by atoms with Crippen LogP contribution in [0.3, 0.4) is 0 Å². The first-order chi connectivity index (χ1) is 27.3. The summed E-state index contributed by atoms with van der Waals surface area (Å²) in [5.74, 6) is 0. The maximum absolute atomic E-state index is 6.99. The van der Waals surface area contributed by atoms with Crippen LogP contribution in [0.15, 0.2) is 209 Å². The van der Waals surface area contributed by atoms with Crippen molar-refractivity contribution in [3.8, 4) is 33.4 Å². The van der Waals surface area contributed by atoms with Gasteiger partial charge in [-0.3, -0.25) is 0 Å². The molecule has 0 aliphatic heterocycles. The fourth-order valence-electron chi connectivity index (χ4n) is 8.23. The normalized spacial score (nSPS) is 11.6. The van der Waals surface area contributed by atoms with Crippen LogP contribution in [-0.2, 0) is 0 Å². The highest BCUT2D eigenvalue weighted by atomic mass is 16.3. The molecule has 11 aromatic rings. The Morgan fingerprint density at radius 1 is 0.327 bits per heavy atom. The zero-order valence-corrected chi connectivity index (χ0v) is 29.8. The standard InChI is InChI=1S/C52H33NO2/c1-4-13-34(14-5-1)39-24-27-43-48(32-39)54-47-22-12-21-45(50(43)47)53(41-26-23-36-17-10-11-20-38(36)31-41)46-30-29-42(37-18-8-3-9-19-37)52-51(46)44-28-25-40(33-49(44)55-52)35-15-6-2-7-16-35/h1-33H. The molecule has 0 N–H and O–H groups in total. The average molecular weight is 704 g/mol. The Morgan fingerprint density at radius 2 is 0.909 bits per heavy atom. The van der Waals surface area contributed by atoms with E-state index in [0.717, 1.165) is 94.3 Å². The highest BCUT2D eigenvalue weighted by Gasteiger charge is 2.25. The van der Waals surface area contributed by atoms with Crippen LogP contribution in [0, 0.1) is 0 Å². The van der Waals surface area contributed by atoms with Gasteiger partial charge in [0.25, 0.3) is 0 Å². The van der Waals surface area contributed by atoms with Crippen molar-refractivity contribution in [3.63, 3.8) is 0 Å². The van der Waals surface area contributed by atoms with Crippen molar-refractivity contribution < 1.29 is 8.83 Å². The van der Waals surface area contributed by atoms with E-state index in [4.69, 9.17) is 8.83 Å². The van der Waals surface area contributed by atoms with Gasteiger partial charge in [0.15, 0.2) is 0 Å². The summed E-state index contributed by atoms with van der Waals surface area (Å²) in [6, 6.07) is 70.8. The summed E-state index contributed by atoms with van der Waals surface area (Å²) in [7, 11) is 0. The van der Waals surface area contributed by atoms with E-state index in [9.17, 15) is 0 Å². The summed E-state index contributed by atoms with van der Waals surface area (Å²) in [5, 5.41) is 6.61. The predicted octanol–water partition coefficient (Wildman–Crippen LogP) is 15.1. The average Bonchev–Trinajstić information content (AvgIpc) is 3.83. The minimum Gasteiger partial charge on any atom is -0.456 e. The first-order valence-corrected chi connectivity index (χ1v) is 18.7. The first kappa shape index (κ1) is 31.2. The van der Waals surface area contributed by atoms with E-state index in [-0.39, 0.29) is 0 Å². The number of nitrogens with zero attached hydrogens (tertiary/aromatic N) is 1. The molecular weight excluding hydrogens is 671 g/mol. The number of benzene rings is 9. The van der Waals surface area contributed by atoms with Crippen molar-refractivity contribution in [1.82, 2.24) is 0 Å². The molecule has 0 spiro atoms. The summed E-state index contributed by atoms with van der Waals surface area (Å²) < 4.78 is 13.7. The highest BCUT2D eigenvalue weighted by Crippen LogP contribution is 2.49. The van der Waals surface area contributed by atoms with Crippen molar-refractivity contribution >= 4 is 71.7 Å². The Bertz CT molecular complexity index is 3200. The molecule has 3 heteroatoms. The van der Waals surface area contributed by atoms with Crippen molar-refractivity contribution in [2.75, 3.05) is 4.90 Å². The molecule has 3 nitrogen and oxygen atoms in total. The Hall–Kier alpha value is -7.36. The van der Waals surface area contributed by atoms with Crippen molar-refractivity contribution in [2.45, 2.75) is 0 Å². The fourth-order valence-corrected chi connectivity index (χ4v) is 8.23. The third-order valence-corrected chi connectivity index (χ3v) is 10.8. The number of hydrogen-bond donors (Lipinski definition) is 0. The molecule has 9 aromatic carbocycles. The number of furan rings is 2. The van der Waals surface area contributed by atoms with Crippen LogP contribution in [0.4, 0.5) is 17.1 Å². The summed E-state index contributed by atoms with van der Waals surface area (Å²) in [5.41, 5.74) is 13.2. The monoisotopic (exact) mass is 703 g/mol. The second-order valence-corrected chi connectivity index (χ2v) is 14.1. The molecule has 2 heterocycles. The quantitative estimate of drug-likeness (QED) is 0.173. The predicted molar refractivity (Wildman–Crippen MR) is 229 cm³/mol. The lowest BCUT2D eigenvalue weighted by atomic mass is 9.98. The van der Waals surface area contributed by atoms with Gasteiger partial charge in [-0.1, -0.05) is 140 Å². The largest absolute Gasteiger partial charge is 0.456 e. The van der Waals surface area contributed by atoms with Crippen LogP contribution in [-0.4, -0.2) is 0 Å². The van der Waals surface area contributed by atoms with Crippen molar-refractivity contribution in [3.05, 3.63) is 200 Å². The summed E-state index contributed by atoms with van der Waals surface area (Å²) in [6.07, 6.45) is 0. The maximum Gasteiger partial charge on any atom is 0.145 e. The van der Waals surface area contributed by atoms with E-state index in [0.29, 0.717) is 0 Å².